The van der Waals surface area contributed by atoms with Gasteiger partial charge in [0.1, 0.15) is 6.61 Å². The monoisotopic (exact) mass is 319 g/mol. The van der Waals surface area contributed by atoms with Crippen LogP contribution in [0.1, 0.15) is 37.3 Å². The van der Waals surface area contributed by atoms with Crippen LogP contribution in [0.3, 0.4) is 0 Å². The van der Waals surface area contributed by atoms with E-state index in [9.17, 15) is 4.79 Å². The van der Waals surface area contributed by atoms with E-state index in [0.29, 0.717) is 13.0 Å². The number of alkyl carbamates (subject to hydrolysis) is 1. The minimum absolute atomic E-state index is 0.0684. The lowest BCUT2D eigenvalue weighted by Crippen LogP contribution is -2.43. The lowest BCUT2D eigenvalue weighted by Gasteiger charge is -2.24. The summed E-state index contributed by atoms with van der Waals surface area (Å²) in [6, 6.07) is 16.5. The van der Waals surface area contributed by atoms with Gasteiger partial charge in [0.25, 0.3) is 0 Å². The first-order valence-corrected chi connectivity index (χ1v) is 8.08. The number of hydrogen-bond acceptors (Lipinski definition) is 2. The number of nitrogens with one attached hydrogen (secondary N) is 1. The number of terminal acetylenes is 1. The van der Waals surface area contributed by atoms with Crippen molar-refractivity contribution in [2.45, 2.75) is 31.7 Å². The van der Waals surface area contributed by atoms with Crippen LogP contribution in [0, 0.1) is 12.3 Å². The molecule has 3 heteroatoms. The number of rotatable bonds is 4. The molecule has 2 aromatic carbocycles. The second-order valence-electron chi connectivity index (χ2n) is 6.72. The predicted octanol–water partition coefficient (Wildman–Crippen LogP) is 4.33. The molecule has 0 spiro atoms. The number of ether oxygens (including phenoxy) is 1. The zero-order valence-corrected chi connectivity index (χ0v) is 14.0. The molecule has 0 fully saturated rings. The number of carbonyl (C=O) groups excluding carboxylic acids is 1. The molecule has 0 saturated carbocycles. The van der Waals surface area contributed by atoms with Crippen LogP contribution in [-0.2, 0) is 4.74 Å². The highest BCUT2D eigenvalue weighted by atomic mass is 16.5. The standard InChI is InChI=1S/C21H21NO2/c1-4-13-21(2,3)22-20(23)24-14-19-17-11-7-5-9-15(17)16-10-6-8-12-18(16)19/h1,5-12,19H,13-14H2,2-3H3,(H,22,23). The molecule has 0 radical (unpaired) electrons. The van der Waals surface area contributed by atoms with Gasteiger partial charge in [0, 0.05) is 17.9 Å². The van der Waals surface area contributed by atoms with Crippen LogP contribution in [0.5, 0.6) is 0 Å². The quantitative estimate of drug-likeness (QED) is 0.852. The van der Waals surface area contributed by atoms with E-state index in [-0.39, 0.29) is 5.92 Å². The highest BCUT2D eigenvalue weighted by Crippen LogP contribution is 2.44. The first-order chi connectivity index (χ1) is 11.5. The molecule has 1 aliphatic rings. The van der Waals surface area contributed by atoms with Gasteiger partial charge in [-0.05, 0) is 36.1 Å². The Labute approximate surface area is 143 Å². The van der Waals surface area contributed by atoms with Crippen molar-refractivity contribution in [3.63, 3.8) is 0 Å². The van der Waals surface area contributed by atoms with Crippen molar-refractivity contribution in [1.29, 1.82) is 0 Å². The van der Waals surface area contributed by atoms with Gasteiger partial charge in [0.15, 0.2) is 0 Å². The second kappa shape index (κ2) is 6.41. The van der Waals surface area contributed by atoms with Gasteiger partial charge in [-0.1, -0.05) is 48.5 Å². The van der Waals surface area contributed by atoms with Crippen LogP contribution < -0.4 is 5.32 Å². The normalized spacial score (nSPS) is 12.9. The third kappa shape index (κ3) is 3.14. The van der Waals surface area contributed by atoms with Crippen molar-refractivity contribution in [3.8, 4) is 23.5 Å². The minimum Gasteiger partial charge on any atom is -0.449 e. The van der Waals surface area contributed by atoms with Gasteiger partial charge in [-0.15, -0.1) is 12.3 Å². The summed E-state index contributed by atoms with van der Waals surface area (Å²) in [5.41, 5.74) is 4.37. The van der Waals surface area contributed by atoms with Gasteiger partial charge in [0.2, 0.25) is 0 Å². The highest BCUT2D eigenvalue weighted by molar-refractivity contribution is 5.79. The van der Waals surface area contributed by atoms with Gasteiger partial charge >= 0.3 is 6.09 Å². The molecule has 0 unspecified atom stereocenters. The van der Waals surface area contributed by atoms with Crippen molar-refractivity contribution < 1.29 is 9.53 Å². The fraction of sp³-hybridized carbons (Fsp3) is 0.286. The van der Waals surface area contributed by atoms with Gasteiger partial charge in [-0.25, -0.2) is 4.79 Å². The fourth-order valence-corrected chi connectivity index (χ4v) is 3.21. The first-order valence-electron chi connectivity index (χ1n) is 8.08. The van der Waals surface area contributed by atoms with Crippen LogP contribution in [0.15, 0.2) is 48.5 Å². The molecule has 0 bridgehead atoms. The maximum Gasteiger partial charge on any atom is 0.407 e. The molecule has 0 atom stereocenters. The van der Waals surface area contributed by atoms with Gasteiger partial charge in [-0.2, -0.15) is 0 Å². The molecule has 122 valence electrons. The third-order valence-corrected chi connectivity index (χ3v) is 4.33. The summed E-state index contributed by atoms with van der Waals surface area (Å²) in [4.78, 5) is 12.1. The topological polar surface area (TPSA) is 38.3 Å². The molecule has 1 N–H and O–H groups in total. The zero-order chi connectivity index (χ0) is 17.2. The molecule has 1 amide bonds. The van der Waals surface area contributed by atoms with Crippen molar-refractivity contribution in [2.75, 3.05) is 6.61 Å². The van der Waals surface area contributed by atoms with Crippen molar-refractivity contribution in [2.24, 2.45) is 0 Å². The summed E-state index contributed by atoms with van der Waals surface area (Å²) in [7, 11) is 0. The van der Waals surface area contributed by atoms with Crippen molar-refractivity contribution >= 4 is 6.09 Å². The first kappa shape index (κ1) is 16.1. The predicted molar refractivity (Wildman–Crippen MR) is 95.7 cm³/mol. The molecule has 24 heavy (non-hydrogen) atoms. The Bertz CT molecular complexity index is 756. The maximum atomic E-state index is 12.1. The van der Waals surface area contributed by atoms with Crippen molar-refractivity contribution in [1.82, 2.24) is 5.32 Å². The second-order valence-corrected chi connectivity index (χ2v) is 6.72. The summed E-state index contributed by atoms with van der Waals surface area (Å²) in [6.45, 7) is 4.08. The Balaban J connectivity index is 1.74. The Morgan fingerprint density at radius 3 is 2.21 bits per heavy atom. The molecule has 0 heterocycles. The van der Waals surface area contributed by atoms with E-state index in [4.69, 9.17) is 11.2 Å². The lowest BCUT2D eigenvalue weighted by molar-refractivity contribution is 0.133. The summed E-state index contributed by atoms with van der Waals surface area (Å²) >= 11 is 0. The molecular formula is C21H21NO2. The van der Waals surface area contributed by atoms with E-state index < -0.39 is 11.6 Å². The van der Waals surface area contributed by atoms with E-state index in [1.54, 1.807) is 0 Å². The molecular weight excluding hydrogens is 298 g/mol. The summed E-state index contributed by atoms with van der Waals surface area (Å²) in [6.07, 6.45) is 5.35. The molecule has 1 aliphatic carbocycles. The Morgan fingerprint density at radius 2 is 1.67 bits per heavy atom. The largest absolute Gasteiger partial charge is 0.449 e. The summed E-state index contributed by atoms with van der Waals surface area (Å²) < 4.78 is 5.50. The van der Waals surface area contributed by atoms with Crippen LogP contribution in [-0.4, -0.2) is 18.2 Å². The lowest BCUT2D eigenvalue weighted by atomic mass is 9.98. The van der Waals surface area contributed by atoms with Crippen LogP contribution in [0.25, 0.3) is 11.1 Å². The molecule has 2 aromatic rings. The summed E-state index contributed by atoms with van der Waals surface area (Å²) in [5, 5.41) is 2.83. The van der Waals surface area contributed by atoms with E-state index in [2.05, 4.69) is 35.5 Å². The zero-order valence-electron chi connectivity index (χ0n) is 14.0. The van der Waals surface area contributed by atoms with Crippen LogP contribution in [0.4, 0.5) is 4.79 Å². The van der Waals surface area contributed by atoms with Gasteiger partial charge < -0.3 is 10.1 Å². The SMILES string of the molecule is C#CCC(C)(C)NC(=O)OCC1c2ccccc2-c2ccccc21. The molecule has 0 aliphatic heterocycles. The number of amides is 1. The Kier molecular flexibility index (Phi) is 4.31. The minimum atomic E-state index is -0.475. The molecule has 3 rings (SSSR count). The number of carbonyl (C=O) groups is 1. The molecule has 0 saturated heterocycles. The van der Waals surface area contributed by atoms with E-state index in [1.807, 2.05) is 38.1 Å². The maximum absolute atomic E-state index is 12.1. The molecule has 3 nitrogen and oxygen atoms in total. The fourth-order valence-electron chi connectivity index (χ4n) is 3.21. The van der Waals surface area contributed by atoms with E-state index >= 15 is 0 Å². The van der Waals surface area contributed by atoms with Gasteiger partial charge in [0.05, 0.1) is 0 Å². The van der Waals surface area contributed by atoms with E-state index in [1.165, 1.54) is 22.3 Å². The van der Waals surface area contributed by atoms with Crippen LogP contribution in [0.2, 0.25) is 0 Å². The summed E-state index contributed by atoms with van der Waals surface area (Å²) in [5.74, 6) is 2.63. The number of hydrogen-bond donors (Lipinski definition) is 1. The van der Waals surface area contributed by atoms with Crippen LogP contribution >= 0.6 is 0 Å². The Morgan fingerprint density at radius 1 is 1.12 bits per heavy atom. The smallest absolute Gasteiger partial charge is 0.407 e. The average Bonchev–Trinajstić information content (AvgIpc) is 2.86. The number of benzene rings is 2. The number of fused-ring (bicyclic) bond motifs is 3. The Hall–Kier alpha value is -2.73. The molecule has 0 aromatic heterocycles. The average molecular weight is 319 g/mol. The van der Waals surface area contributed by atoms with E-state index in [0.717, 1.165) is 0 Å². The third-order valence-electron chi connectivity index (χ3n) is 4.33. The van der Waals surface area contributed by atoms with Gasteiger partial charge in [-0.3, -0.25) is 0 Å². The van der Waals surface area contributed by atoms with Crippen molar-refractivity contribution in [3.05, 3.63) is 59.7 Å². The highest BCUT2D eigenvalue weighted by Gasteiger charge is 2.29.